The Kier molecular flexibility index (Phi) is 7.83. The van der Waals surface area contributed by atoms with Crippen molar-refractivity contribution < 1.29 is 28.5 Å². The summed E-state index contributed by atoms with van der Waals surface area (Å²) in [4.78, 5) is 11.8. The van der Waals surface area contributed by atoms with Crippen molar-refractivity contribution in [3.63, 3.8) is 0 Å². The Hall–Kier alpha value is -1.67. The van der Waals surface area contributed by atoms with Crippen LogP contribution in [-0.2, 0) is 30.3 Å². The van der Waals surface area contributed by atoms with Gasteiger partial charge in [-0.05, 0) is 5.56 Å². The number of amides is 1. The highest BCUT2D eigenvalue weighted by Gasteiger charge is 2.41. The van der Waals surface area contributed by atoms with E-state index in [4.69, 9.17) is 23.7 Å². The number of rotatable bonds is 9. The van der Waals surface area contributed by atoms with Crippen LogP contribution in [-0.4, -0.2) is 53.2 Å². The van der Waals surface area contributed by atoms with Crippen LogP contribution in [0.2, 0.25) is 0 Å². The van der Waals surface area contributed by atoms with E-state index >= 15 is 0 Å². The fraction of sp³-hybridized carbons (Fsp3) is 0.533. The third-order valence-corrected chi connectivity index (χ3v) is 3.17. The highest BCUT2D eigenvalue weighted by Crippen LogP contribution is 2.19. The summed E-state index contributed by atoms with van der Waals surface area (Å²) in [5, 5.41) is 2.57. The number of nitrogens with one attached hydrogen (secondary N) is 1. The molecule has 0 spiro atoms. The Morgan fingerprint density at radius 2 is 1.68 bits per heavy atom. The molecule has 1 rings (SSSR count). The summed E-state index contributed by atoms with van der Waals surface area (Å²) in [5.41, 5.74) is 0.897. The van der Waals surface area contributed by atoms with Gasteiger partial charge < -0.3 is 29.0 Å². The maximum absolute atomic E-state index is 11.8. The van der Waals surface area contributed by atoms with Crippen molar-refractivity contribution in [2.24, 2.45) is 0 Å². The highest BCUT2D eigenvalue weighted by atomic mass is 16.8. The van der Waals surface area contributed by atoms with Crippen LogP contribution in [0.5, 0.6) is 0 Å². The van der Waals surface area contributed by atoms with Crippen molar-refractivity contribution in [1.82, 2.24) is 5.32 Å². The number of carbonyl (C=O) groups excluding carboxylic acids is 1. The van der Waals surface area contributed by atoms with Gasteiger partial charge in [0.05, 0.1) is 6.54 Å². The molecule has 0 radical (unpaired) electrons. The molecule has 124 valence electrons. The van der Waals surface area contributed by atoms with Gasteiger partial charge in [-0.25, -0.2) is 4.79 Å². The topological polar surface area (TPSA) is 75.3 Å². The number of hydrogen-bond donors (Lipinski definition) is 1. The number of alkyl carbamates (subject to hydrolysis) is 1. The Morgan fingerprint density at radius 1 is 1.09 bits per heavy atom. The lowest BCUT2D eigenvalue weighted by Crippen LogP contribution is -2.55. The van der Waals surface area contributed by atoms with E-state index in [0.29, 0.717) is 0 Å². The standard InChI is InChI=1S/C15H23NO6/c1-18-13(19-2)15(20-3,21-4)11-16-14(17)22-10-12-8-6-5-7-9-12/h5-9,13H,10-11H2,1-4H3,(H,16,17). The van der Waals surface area contributed by atoms with Crippen LogP contribution >= 0.6 is 0 Å². The molecule has 7 heteroatoms. The molecule has 1 N–H and O–H groups in total. The molecule has 0 aliphatic heterocycles. The van der Waals surface area contributed by atoms with Crippen LogP contribution in [0.15, 0.2) is 30.3 Å². The molecular weight excluding hydrogens is 290 g/mol. The van der Waals surface area contributed by atoms with Gasteiger partial charge in [0.25, 0.3) is 0 Å². The first-order chi connectivity index (χ1) is 10.6. The molecule has 0 saturated heterocycles. The molecule has 0 aliphatic carbocycles. The lowest BCUT2D eigenvalue weighted by Gasteiger charge is -2.35. The van der Waals surface area contributed by atoms with Gasteiger partial charge in [0.2, 0.25) is 12.1 Å². The Labute approximate surface area is 130 Å². The van der Waals surface area contributed by atoms with Gasteiger partial charge in [-0.15, -0.1) is 0 Å². The normalized spacial score (nSPS) is 11.5. The zero-order chi connectivity index (χ0) is 16.4. The molecule has 0 saturated carbocycles. The summed E-state index contributed by atoms with van der Waals surface area (Å²) < 4.78 is 26.0. The quantitative estimate of drug-likeness (QED) is 0.697. The van der Waals surface area contributed by atoms with E-state index in [1.807, 2.05) is 30.3 Å². The summed E-state index contributed by atoms with van der Waals surface area (Å²) >= 11 is 0. The highest BCUT2D eigenvalue weighted by molar-refractivity contribution is 5.67. The first-order valence-corrected chi connectivity index (χ1v) is 6.72. The molecule has 0 heterocycles. The van der Waals surface area contributed by atoms with Crippen LogP contribution in [0.3, 0.4) is 0 Å². The van der Waals surface area contributed by atoms with E-state index in [0.717, 1.165) is 5.56 Å². The molecule has 0 atom stereocenters. The van der Waals surface area contributed by atoms with Crippen LogP contribution in [0, 0.1) is 0 Å². The number of ether oxygens (including phenoxy) is 5. The van der Waals surface area contributed by atoms with Crippen molar-refractivity contribution >= 4 is 6.09 Å². The molecule has 0 bridgehead atoms. The minimum atomic E-state index is -1.27. The molecule has 0 unspecified atom stereocenters. The Balaban J connectivity index is 2.52. The van der Waals surface area contributed by atoms with Crippen LogP contribution in [0.25, 0.3) is 0 Å². The number of benzene rings is 1. The summed E-state index contributed by atoms with van der Waals surface area (Å²) in [6.45, 7) is 0.178. The fourth-order valence-electron chi connectivity index (χ4n) is 1.93. The Bertz CT molecular complexity index is 431. The molecule has 0 aromatic heterocycles. The molecular formula is C15H23NO6. The van der Waals surface area contributed by atoms with Gasteiger partial charge in [-0.1, -0.05) is 30.3 Å². The molecule has 1 aromatic rings. The van der Waals surface area contributed by atoms with Crippen LogP contribution < -0.4 is 5.32 Å². The maximum Gasteiger partial charge on any atom is 0.407 e. The van der Waals surface area contributed by atoms with Gasteiger partial charge >= 0.3 is 6.09 Å². The van der Waals surface area contributed by atoms with Crippen LogP contribution in [0.4, 0.5) is 4.79 Å². The number of methoxy groups -OCH3 is 4. The van der Waals surface area contributed by atoms with E-state index in [-0.39, 0.29) is 13.2 Å². The smallest absolute Gasteiger partial charge is 0.407 e. The third-order valence-electron chi connectivity index (χ3n) is 3.17. The summed E-state index contributed by atoms with van der Waals surface area (Å²) in [6.07, 6.45) is -1.40. The SMILES string of the molecule is COC(OC)C(CNC(=O)OCc1ccccc1)(OC)OC. The van der Waals surface area contributed by atoms with Crippen molar-refractivity contribution in [3.05, 3.63) is 35.9 Å². The monoisotopic (exact) mass is 313 g/mol. The predicted octanol–water partition coefficient (Wildman–Crippen LogP) is 1.52. The van der Waals surface area contributed by atoms with Crippen molar-refractivity contribution in [1.29, 1.82) is 0 Å². The number of carbonyl (C=O) groups is 1. The molecule has 7 nitrogen and oxygen atoms in total. The maximum atomic E-state index is 11.8. The van der Waals surface area contributed by atoms with E-state index in [9.17, 15) is 4.79 Å². The fourth-order valence-corrected chi connectivity index (χ4v) is 1.93. The molecule has 22 heavy (non-hydrogen) atoms. The zero-order valence-electron chi connectivity index (χ0n) is 13.3. The second kappa shape index (κ2) is 9.37. The van der Waals surface area contributed by atoms with Gasteiger partial charge in [-0.3, -0.25) is 0 Å². The lowest BCUT2D eigenvalue weighted by molar-refractivity contribution is -0.322. The van der Waals surface area contributed by atoms with Crippen LogP contribution in [0.1, 0.15) is 5.56 Å². The van der Waals surface area contributed by atoms with E-state index < -0.39 is 18.2 Å². The van der Waals surface area contributed by atoms with Gasteiger partial charge in [0, 0.05) is 28.4 Å². The average Bonchev–Trinajstić information content (AvgIpc) is 2.58. The minimum absolute atomic E-state index is 0.0000301. The first kappa shape index (κ1) is 18.4. The second-order valence-electron chi connectivity index (χ2n) is 4.44. The Morgan fingerprint density at radius 3 is 2.18 bits per heavy atom. The minimum Gasteiger partial charge on any atom is -0.445 e. The van der Waals surface area contributed by atoms with Gasteiger partial charge in [0.15, 0.2) is 0 Å². The van der Waals surface area contributed by atoms with Gasteiger partial charge in [0.1, 0.15) is 6.61 Å². The second-order valence-corrected chi connectivity index (χ2v) is 4.44. The van der Waals surface area contributed by atoms with E-state index in [1.165, 1.54) is 28.4 Å². The zero-order valence-corrected chi connectivity index (χ0v) is 13.3. The molecule has 0 aliphatic rings. The first-order valence-electron chi connectivity index (χ1n) is 6.72. The summed E-state index contributed by atoms with van der Waals surface area (Å²) in [5.74, 6) is -1.27. The average molecular weight is 313 g/mol. The predicted molar refractivity (Wildman–Crippen MR) is 79.2 cm³/mol. The van der Waals surface area contributed by atoms with Crippen molar-refractivity contribution in [3.8, 4) is 0 Å². The molecule has 0 fully saturated rings. The van der Waals surface area contributed by atoms with E-state index in [2.05, 4.69) is 5.32 Å². The number of hydrogen-bond acceptors (Lipinski definition) is 6. The summed E-state index contributed by atoms with van der Waals surface area (Å²) in [6, 6.07) is 9.38. The third kappa shape index (κ3) is 4.96. The van der Waals surface area contributed by atoms with Gasteiger partial charge in [-0.2, -0.15) is 0 Å². The summed E-state index contributed by atoms with van der Waals surface area (Å²) in [7, 11) is 5.78. The molecule has 1 amide bonds. The van der Waals surface area contributed by atoms with Crippen molar-refractivity contribution in [2.45, 2.75) is 18.7 Å². The van der Waals surface area contributed by atoms with E-state index in [1.54, 1.807) is 0 Å². The van der Waals surface area contributed by atoms with Crippen molar-refractivity contribution in [2.75, 3.05) is 35.0 Å². The lowest BCUT2D eigenvalue weighted by atomic mass is 10.2. The molecule has 1 aromatic carbocycles. The largest absolute Gasteiger partial charge is 0.445 e.